The Hall–Kier alpha value is -3.63. The lowest BCUT2D eigenvalue weighted by molar-refractivity contribution is -0.159. The van der Waals surface area contributed by atoms with Gasteiger partial charge in [-0.15, -0.1) is 0 Å². The first-order valence-corrected chi connectivity index (χ1v) is 12.3. The molecule has 2 N–H and O–H groups in total. The number of benzene rings is 2. The summed E-state index contributed by atoms with van der Waals surface area (Å²) in [7, 11) is 3.21. The molecule has 0 bridgehead atoms. The molecule has 10 heteroatoms. The zero-order valence-electron chi connectivity index (χ0n) is 21.3. The fraction of sp³-hybridized carbons (Fsp3) is 0.444. The van der Waals surface area contributed by atoms with Crippen LogP contribution < -0.4 is 9.47 Å². The highest BCUT2D eigenvalue weighted by Crippen LogP contribution is 2.25. The van der Waals surface area contributed by atoms with Crippen LogP contribution in [0.2, 0.25) is 0 Å². The number of ether oxygens (including phenoxy) is 2. The largest absolute Gasteiger partial charge is 0.497 e. The molecule has 200 valence electrons. The highest BCUT2D eigenvalue weighted by Gasteiger charge is 2.29. The zero-order chi connectivity index (χ0) is 26.8. The predicted octanol–water partition coefficient (Wildman–Crippen LogP) is 2.28. The van der Waals surface area contributed by atoms with Crippen molar-refractivity contribution in [1.82, 2.24) is 14.7 Å². The highest BCUT2D eigenvalue weighted by molar-refractivity contribution is 6.27. The molecule has 0 aromatic heterocycles. The lowest BCUT2D eigenvalue weighted by Crippen LogP contribution is -2.54. The summed E-state index contributed by atoms with van der Waals surface area (Å²) in [6.45, 7) is 6.74. The van der Waals surface area contributed by atoms with E-state index in [2.05, 4.69) is 40.1 Å². The Kier molecular flexibility index (Phi) is 10.3. The smallest absolute Gasteiger partial charge is 0.414 e. The summed E-state index contributed by atoms with van der Waals surface area (Å²) in [5.74, 6) is -2.31. The van der Waals surface area contributed by atoms with E-state index in [0.717, 1.165) is 45.8 Å². The van der Waals surface area contributed by atoms with Gasteiger partial charge in [0.2, 0.25) is 0 Å². The van der Waals surface area contributed by atoms with Gasteiger partial charge in [-0.05, 0) is 43.6 Å². The molecule has 37 heavy (non-hydrogen) atoms. The topological polar surface area (TPSA) is 120 Å². The van der Waals surface area contributed by atoms with Gasteiger partial charge in [-0.2, -0.15) is 0 Å². The standard InChI is InChI=1S/C25H33N3O3.C2H2O4/c1-30-23-16-21(17-24(18-23)31-2)25(29)28-14-12-27(13-15-28)22-8-10-26(11-9-22)19-20-6-4-3-5-7-20;3-1(4)2(5)6/h3-7,16-18,22H,8-15,19H2,1-2H3;(H,3,4)(H,5,6). The zero-order valence-corrected chi connectivity index (χ0v) is 21.3. The molecule has 4 rings (SSSR count). The molecular formula is C27H35N3O7. The van der Waals surface area contributed by atoms with Crippen LogP contribution in [-0.2, 0) is 16.1 Å². The molecule has 2 fully saturated rings. The molecule has 2 saturated heterocycles. The third-order valence-electron chi connectivity index (χ3n) is 6.71. The number of piperazine rings is 1. The first-order valence-electron chi connectivity index (χ1n) is 12.3. The number of amides is 1. The van der Waals surface area contributed by atoms with Crippen LogP contribution in [0.15, 0.2) is 48.5 Å². The molecule has 1 amide bonds. The molecule has 10 nitrogen and oxygen atoms in total. The van der Waals surface area contributed by atoms with E-state index in [-0.39, 0.29) is 5.91 Å². The summed E-state index contributed by atoms with van der Waals surface area (Å²) in [4.78, 5) is 38.3. The van der Waals surface area contributed by atoms with Gasteiger partial charge in [0, 0.05) is 50.4 Å². The molecule has 2 aromatic rings. The monoisotopic (exact) mass is 513 g/mol. The maximum atomic E-state index is 13.0. The van der Waals surface area contributed by atoms with Crippen LogP contribution in [0.1, 0.15) is 28.8 Å². The van der Waals surface area contributed by atoms with E-state index in [1.165, 1.54) is 18.4 Å². The maximum absolute atomic E-state index is 13.0. The van der Waals surface area contributed by atoms with Gasteiger partial charge in [0.25, 0.3) is 5.91 Å². The summed E-state index contributed by atoms with van der Waals surface area (Å²) >= 11 is 0. The summed E-state index contributed by atoms with van der Waals surface area (Å²) in [6, 6.07) is 16.7. The Bertz CT molecular complexity index is 1010. The number of hydrogen-bond donors (Lipinski definition) is 2. The number of carbonyl (C=O) groups is 3. The number of carbonyl (C=O) groups excluding carboxylic acids is 1. The number of methoxy groups -OCH3 is 2. The quantitative estimate of drug-likeness (QED) is 0.561. The van der Waals surface area contributed by atoms with Crippen LogP contribution in [0.4, 0.5) is 0 Å². The normalized spacial score (nSPS) is 16.9. The fourth-order valence-corrected chi connectivity index (χ4v) is 4.69. The van der Waals surface area contributed by atoms with Crippen molar-refractivity contribution in [2.24, 2.45) is 0 Å². The van der Waals surface area contributed by atoms with E-state index in [1.54, 1.807) is 32.4 Å². The number of nitrogens with zero attached hydrogens (tertiary/aromatic N) is 3. The number of aliphatic carboxylic acids is 2. The lowest BCUT2D eigenvalue weighted by Gasteiger charge is -2.42. The number of rotatable bonds is 6. The second-order valence-electron chi connectivity index (χ2n) is 9.03. The van der Waals surface area contributed by atoms with Gasteiger partial charge in [-0.25, -0.2) is 9.59 Å². The van der Waals surface area contributed by atoms with Crippen LogP contribution >= 0.6 is 0 Å². The van der Waals surface area contributed by atoms with Crippen LogP contribution in [0.5, 0.6) is 11.5 Å². The summed E-state index contributed by atoms with van der Waals surface area (Å²) in [5.41, 5.74) is 2.01. The summed E-state index contributed by atoms with van der Waals surface area (Å²) in [5, 5.41) is 14.8. The van der Waals surface area contributed by atoms with Gasteiger partial charge in [0.1, 0.15) is 11.5 Å². The molecular weight excluding hydrogens is 478 g/mol. The average molecular weight is 514 g/mol. The van der Waals surface area contributed by atoms with Crippen LogP contribution in [0.25, 0.3) is 0 Å². The van der Waals surface area contributed by atoms with E-state index in [1.807, 2.05) is 4.90 Å². The Labute approximate surface area is 217 Å². The van der Waals surface area contributed by atoms with Gasteiger partial charge in [-0.1, -0.05) is 30.3 Å². The minimum absolute atomic E-state index is 0.0505. The second kappa shape index (κ2) is 13.6. The Morgan fingerprint density at radius 3 is 1.84 bits per heavy atom. The Morgan fingerprint density at radius 1 is 0.811 bits per heavy atom. The number of likely N-dealkylation sites (tertiary alicyclic amines) is 1. The molecule has 0 spiro atoms. The SMILES string of the molecule is COc1cc(OC)cc(C(=O)N2CCN(C3CCN(Cc4ccccc4)CC3)CC2)c1.O=C(O)C(=O)O. The van der Waals surface area contributed by atoms with Gasteiger partial charge < -0.3 is 24.6 Å². The van der Waals surface area contributed by atoms with Crippen molar-refractivity contribution in [2.45, 2.75) is 25.4 Å². The van der Waals surface area contributed by atoms with E-state index in [4.69, 9.17) is 29.3 Å². The molecule has 0 saturated carbocycles. The van der Waals surface area contributed by atoms with Crippen molar-refractivity contribution in [3.63, 3.8) is 0 Å². The molecule has 2 aliphatic heterocycles. The molecule has 2 heterocycles. The van der Waals surface area contributed by atoms with Gasteiger partial charge in [-0.3, -0.25) is 14.6 Å². The van der Waals surface area contributed by atoms with Crippen molar-refractivity contribution in [3.8, 4) is 11.5 Å². The van der Waals surface area contributed by atoms with Crippen LogP contribution in [0, 0.1) is 0 Å². The van der Waals surface area contributed by atoms with Crippen molar-refractivity contribution in [3.05, 3.63) is 59.7 Å². The second-order valence-corrected chi connectivity index (χ2v) is 9.03. The minimum atomic E-state index is -1.82. The third kappa shape index (κ3) is 8.19. The van der Waals surface area contributed by atoms with E-state index in [0.29, 0.717) is 23.1 Å². The first kappa shape index (κ1) is 27.9. The number of piperidine rings is 1. The maximum Gasteiger partial charge on any atom is 0.414 e. The number of carboxylic acids is 2. The lowest BCUT2D eigenvalue weighted by atomic mass is 10.0. The summed E-state index contributed by atoms with van der Waals surface area (Å²) < 4.78 is 10.6. The van der Waals surface area contributed by atoms with Gasteiger partial charge in [0.15, 0.2) is 0 Å². The van der Waals surface area contributed by atoms with Crippen molar-refractivity contribution in [1.29, 1.82) is 0 Å². The first-order chi connectivity index (χ1) is 17.8. The highest BCUT2D eigenvalue weighted by atomic mass is 16.5. The Balaban J connectivity index is 0.000000568. The molecule has 2 aliphatic rings. The van der Waals surface area contributed by atoms with Crippen LogP contribution in [0.3, 0.4) is 0 Å². The predicted molar refractivity (Wildman–Crippen MR) is 137 cm³/mol. The minimum Gasteiger partial charge on any atom is -0.497 e. The molecule has 0 radical (unpaired) electrons. The van der Waals surface area contributed by atoms with Crippen molar-refractivity contribution < 1.29 is 34.1 Å². The van der Waals surface area contributed by atoms with Gasteiger partial charge >= 0.3 is 11.9 Å². The average Bonchev–Trinajstić information content (AvgIpc) is 2.93. The molecule has 0 aliphatic carbocycles. The van der Waals surface area contributed by atoms with E-state index in [9.17, 15) is 4.79 Å². The number of carboxylic acid groups (broad SMARTS) is 2. The molecule has 0 unspecified atom stereocenters. The Morgan fingerprint density at radius 2 is 1.35 bits per heavy atom. The molecule has 2 aromatic carbocycles. The van der Waals surface area contributed by atoms with E-state index < -0.39 is 11.9 Å². The fourth-order valence-electron chi connectivity index (χ4n) is 4.69. The van der Waals surface area contributed by atoms with E-state index >= 15 is 0 Å². The molecule has 0 atom stereocenters. The van der Waals surface area contributed by atoms with Gasteiger partial charge in [0.05, 0.1) is 14.2 Å². The van der Waals surface area contributed by atoms with Crippen LogP contribution in [-0.4, -0.2) is 102 Å². The third-order valence-corrected chi connectivity index (χ3v) is 6.71. The van der Waals surface area contributed by atoms with Crippen molar-refractivity contribution in [2.75, 3.05) is 53.5 Å². The number of hydrogen-bond acceptors (Lipinski definition) is 7. The summed E-state index contributed by atoms with van der Waals surface area (Å²) in [6.07, 6.45) is 2.40. The van der Waals surface area contributed by atoms with Crippen molar-refractivity contribution >= 4 is 17.8 Å².